The molecule has 0 N–H and O–H groups in total. The number of nitrogens with zero attached hydrogens (tertiary/aromatic N) is 5. The van der Waals surface area contributed by atoms with Crippen LogP contribution in [0.25, 0.3) is 11.3 Å². The Labute approximate surface area is 224 Å². The number of hydrogen-bond acceptors (Lipinski definition) is 7. The molecule has 2 amide bonds. The molecule has 9 heteroatoms. The zero-order valence-electron chi connectivity index (χ0n) is 22.3. The monoisotopic (exact) mass is 517 g/mol. The van der Waals surface area contributed by atoms with Gasteiger partial charge >= 0.3 is 0 Å². The molecule has 4 rings (SSSR count). The van der Waals surface area contributed by atoms with Crippen molar-refractivity contribution >= 4 is 17.6 Å². The Balaban J connectivity index is 1.38. The zero-order chi connectivity index (χ0) is 26.9. The quantitative estimate of drug-likeness (QED) is 0.430. The van der Waals surface area contributed by atoms with Crippen molar-refractivity contribution in [3.63, 3.8) is 0 Å². The largest absolute Gasteiger partial charge is 0.497 e. The molecule has 1 aliphatic rings. The number of ether oxygens (including phenoxy) is 2. The highest BCUT2D eigenvalue weighted by molar-refractivity contribution is 5.96. The van der Waals surface area contributed by atoms with E-state index in [9.17, 15) is 9.59 Å². The fourth-order valence-electron chi connectivity index (χ4n) is 4.42. The maximum atomic E-state index is 13.3. The molecule has 38 heavy (non-hydrogen) atoms. The molecule has 3 aromatic rings. The Bertz CT molecular complexity index is 1220. The lowest BCUT2D eigenvalue weighted by molar-refractivity contribution is -0.131. The number of benzene rings is 2. The average molecular weight is 518 g/mol. The van der Waals surface area contributed by atoms with Gasteiger partial charge in [-0.05, 0) is 43.7 Å². The van der Waals surface area contributed by atoms with Crippen molar-refractivity contribution in [3.05, 3.63) is 71.8 Å². The van der Waals surface area contributed by atoms with E-state index in [4.69, 9.17) is 9.47 Å². The lowest BCUT2D eigenvalue weighted by Crippen LogP contribution is -2.45. The number of methoxy groups -OCH3 is 2. The first kappa shape index (κ1) is 27.1. The summed E-state index contributed by atoms with van der Waals surface area (Å²) in [5.74, 6) is 1.08. The minimum absolute atomic E-state index is 0.00947. The molecule has 0 atom stereocenters. The third-order valence-corrected chi connectivity index (χ3v) is 6.67. The molecule has 1 aliphatic heterocycles. The lowest BCUT2D eigenvalue weighted by Gasteiger charge is -2.27. The summed E-state index contributed by atoms with van der Waals surface area (Å²) in [4.78, 5) is 32.0. The highest BCUT2D eigenvalue weighted by Crippen LogP contribution is 2.20. The van der Waals surface area contributed by atoms with E-state index in [2.05, 4.69) is 34.2 Å². The van der Waals surface area contributed by atoms with Crippen molar-refractivity contribution in [2.75, 3.05) is 65.0 Å². The van der Waals surface area contributed by atoms with Gasteiger partial charge in [-0.15, -0.1) is 10.2 Å². The molecular formula is C29H35N5O4. The predicted octanol–water partition coefficient (Wildman–Crippen LogP) is 3.29. The number of anilines is 1. The van der Waals surface area contributed by atoms with Crippen LogP contribution < -0.4 is 9.64 Å². The first-order valence-corrected chi connectivity index (χ1v) is 12.8. The van der Waals surface area contributed by atoms with Crippen LogP contribution in [0.1, 0.15) is 22.3 Å². The molecule has 1 fully saturated rings. The number of rotatable bonds is 9. The third-order valence-electron chi connectivity index (χ3n) is 6.67. The van der Waals surface area contributed by atoms with Gasteiger partial charge in [-0.2, -0.15) is 0 Å². The first-order valence-electron chi connectivity index (χ1n) is 12.8. The molecular weight excluding hydrogens is 482 g/mol. The lowest BCUT2D eigenvalue weighted by atomic mass is 10.1. The van der Waals surface area contributed by atoms with Crippen LogP contribution in [0.2, 0.25) is 0 Å². The summed E-state index contributed by atoms with van der Waals surface area (Å²) in [6, 6.07) is 19.1. The molecule has 9 nitrogen and oxygen atoms in total. The summed E-state index contributed by atoms with van der Waals surface area (Å²) in [7, 11) is 3.14. The Hall–Kier alpha value is -3.98. The number of aryl methyl sites for hydroxylation is 1. The van der Waals surface area contributed by atoms with Gasteiger partial charge in [0.1, 0.15) is 12.3 Å². The first-order chi connectivity index (χ1) is 18.5. The van der Waals surface area contributed by atoms with E-state index in [0.717, 1.165) is 30.0 Å². The van der Waals surface area contributed by atoms with Gasteiger partial charge in [0, 0.05) is 51.0 Å². The summed E-state index contributed by atoms with van der Waals surface area (Å²) in [6.07, 6.45) is 0.801. The molecule has 0 aliphatic carbocycles. The van der Waals surface area contributed by atoms with E-state index in [1.807, 2.05) is 29.2 Å². The average Bonchev–Trinajstić information content (AvgIpc) is 3.22. The predicted molar refractivity (Wildman–Crippen MR) is 146 cm³/mol. The third kappa shape index (κ3) is 6.86. The van der Waals surface area contributed by atoms with Gasteiger partial charge in [-0.25, -0.2) is 0 Å². The highest BCUT2D eigenvalue weighted by Gasteiger charge is 2.25. The number of amides is 2. The second-order valence-corrected chi connectivity index (χ2v) is 9.32. The van der Waals surface area contributed by atoms with E-state index >= 15 is 0 Å². The maximum Gasteiger partial charge on any atom is 0.254 e. The van der Waals surface area contributed by atoms with Gasteiger partial charge in [0.15, 0.2) is 5.82 Å². The van der Waals surface area contributed by atoms with Gasteiger partial charge in [-0.3, -0.25) is 9.59 Å². The smallest absolute Gasteiger partial charge is 0.254 e. The molecule has 1 aromatic heterocycles. The van der Waals surface area contributed by atoms with Crippen LogP contribution >= 0.6 is 0 Å². The maximum absolute atomic E-state index is 13.3. The van der Waals surface area contributed by atoms with Gasteiger partial charge < -0.3 is 24.2 Å². The number of carbonyl (C=O) groups excluding carboxylic acids is 2. The van der Waals surface area contributed by atoms with Crippen molar-refractivity contribution in [1.82, 2.24) is 20.0 Å². The molecule has 1 saturated heterocycles. The van der Waals surface area contributed by atoms with Gasteiger partial charge in [0.25, 0.3) is 5.91 Å². The highest BCUT2D eigenvalue weighted by atomic mass is 16.5. The number of carbonyl (C=O) groups is 2. The minimum Gasteiger partial charge on any atom is -0.497 e. The van der Waals surface area contributed by atoms with E-state index < -0.39 is 0 Å². The van der Waals surface area contributed by atoms with Crippen LogP contribution in [0.15, 0.2) is 60.7 Å². The molecule has 0 bridgehead atoms. The molecule has 0 spiro atoms. The zero-order valence-corrected chi connectivity index (χ0v) is 22.3. The molecule has 0 saturated carbocycles. The Morgan fingerprint density at radius 3 is 2.47 bits per heavy atom. The van der Waals surface area contributed by atoms with E-state index in [1.165, 1.54) is 5.56 Å². The number of aromatic nitrogens is 2. The van der Waals surface area contributed by atoms with Crippen molar-refractivity contribution in [1.29, 1.82) is 0 Å². The van der Waals surface area contributed by atoms with Crippen molar-refractivity contribution in [3.8, 4) is 17.0 Å². The van der Waals surface area contributed by atoms with Gasteiger partial charge in [0.05, 0.1) is 19.4 Å². The fourth-order valence-corrected chi connectivity index (χ4v) is 4.42. The number of hydrogen-bond donors (Lipinski definition) is 0. The van der Waals surface area contributed by atoms with Crippen molar-refractivity contribution in [2.45, 2.75) is 13.3 Å². The summed E-state index contributed by atoms with van der Waals surface area (Å²) < 4.78 is 10.4. The topological polar surface area (TPSA) is 88.1 Å². The summed E-state index contributed by atoms with van der Waals surface area (Å²) in [5.41, 5.74) is 3.54. The SMILES string of the molecule is COCCN(CC(=O)N1CCCN(c2ccc(-c3ccc(C)cc3)nn2)CC1)C(=O)c1cccc(OC)c1. The summed E-state index contributed by atoms with van der Waals surface area (Å²) >= 11 is 0. The Kier molecular flexibility index (Phi) is 9.26. The summed E-state index contributed by atoms with van der Waals surface area (Å²) in [6.45, 7) is 5.30. The van der Waals surface area contributed by atoms with E-state index in [0.29, 0.717) is 44.1 Å². The normalized spacial score (nSPS) is 13.7. The molecule has 0 radical (unpaired) electrons. The second kappa shape index (κ2) is 13.0. The summed E-state index contributed by atoms with van der Waals surface area (Å²) in [5, 5.41) is 8.89. The second-order valence-electron chi connectivity index (χ2n) is 9.32. The van der Waals surface area contributed by atoms with Gasteiger partial charge in [0.2, 0.25) is 5.91 Å². The standard InChI is InChI=1S/C29H35N5O4/c1-22-8-10-23(11-9-22)26-12-13-27(31-30-26)32-14-5-15-33(17-16-32)28(35)21-34(18-19-37-2)29(36)24-6-4-7-25(20-24)38-3/h4,6-13,20H,5,14-19,21H2,1-3H3. The van der Waals surface area contributed by atoms with Crippen molar-refractivity contribution < 1.29 is 19.1 Å². The Morgan fingerprint density at radius 1 is 0.947 bits per heavy atom. The van der Waals surface area contributed by atoms with Crippen molar-refractivity contribution in [2.24, 2.45) is 0 Å². The molecule has 2 aromatic carbocycles. The van der Waals surface area contributed by atoms with Crippen LogP contribution in [0, 0.1) is 6.92 Å². The van der Waals surface area contributed by atoms with Crippen LogP contribution in [-0.4, -0.2) is 91.9 Å². The van der Waals surface area contributed by atoms with Crippen LogP contribution in [0.5, 0.6) is 5.75 Å². The van der Waals surface area contributed by atoms with E-state index in [1.54, 1.807) is 43.4 Å². The molecule has 200 valence electrons. The molecule has 0 unspecified atom stereocenters. The van der Waals surface area contributed by atoms with Gasteiger partial charge in [-0.1, -0.05) is 35.9 Å². The van der Waals surface area contributed by atoms with Crippen LogP contribution in [-0.2, 0) is 9.53 Å². The minimum atomic E-state index is -0.227. The van der Waals surface area contributed by atoms with Crippen LogP contribution in [0.4, 0.5) is 5.82 Å². The molecule has 2 heterocycles. The Morgan fingerprint density at radius 2 is 1.76 bits per heavy atom. The fraction of sp³-hybridized carbons (Fsp3) is 0.379. The van der Waals surface area contributed by atoms with E-state index in [-0.39, 0.29) is 18.4 Å². The van der Waals surface area contributed by atoms with Crippen LogP contribution in [0.3, 0.4) is 0 Å².